The molecular weight excluding hydrogens is 656 g/mol. The molecular formula is C32H36Cl2FN5O7. The number of cyclic esters (lactones) is 1. The highest BCUT2D eigenvalue weighted by Gasteiger charge is 2.40. The van der Waals surface area contributed by atoms with Crippen molar-refractivity contribution < 1.29 is 32.7 Å². The van der Waals surface area contributed by atoms with Gasteiger partial charge in [-0.2, -0.15) is 4.68 Å². The first-order chi connectivity index (χ1) is 22.0. The molecule has 12 nitrogen and oxygen atoms in total. The number of halogens is 3. The van der Waals surface area contributed by atoms with Crippen molar-refractivity contribution in [2.24, 2.45) is 0 Å². The van der Waals surface area contributed by atoms with Crippen molar-refractivity contribution in [3.05, 3.63) is 74.0 Å². The Balaban J connectivity index is 0.000000213. The van der Waals surface area contributed by atoms with Gasteiger partial charge >= 0.3 is 23.8 Å². The van der Waals surface area contributed by atoms with Crippen molar-refractivity contribution >= 4 is 52.6 Å². The van der Waals surface area contributed by atoms with Crippen molar-refractivity contribution in [2.75, 3.05) is 24.3 Å². The van der Waals surface area contributed by atoms with Gasteiger partial charge in [0.2, 0.25) is 5.89 Å². The number of carbonyl (C=O) groups is 3. The Bertz CT molecular complexity index is 1780. The minimum atomic E-state index is -0.941. The van der Waals surface area contributed by atoms with Crippen molar-refractivity contribution in [3.8, 4) is 11.4 Å². The van der Waals surface area contributed by atoms with E-state index in [0.29, 0.717) is 27.7 Å². The van der Waals surface area contributed by atoms with Crippen LogP contribution in [-0.2, 0) is 14.9 Å². The van der Waals surface area contributed by atoms with Crippen LogP contribution in [0.25, 0.3) is 5.69 Å². The Kier molecular flexibility index (Phi) is 10.7. The van der Waals surface area contributed by atoms with Gasteiger partial charge in [-0.3, -0.25) is 4.79 Å². The summed E-state index contributed by atoms with van der Waals surface area (Å²) in [5, 5.41) is 7.24. The number of amides is 4. The van der Waals surface area contributed by atoms with Gasteiger partial charge in [-0.15, -0.1) is 5.10 Å². The maximum atomic E-state index is 14.3. The highest BCUT2D eigenvalue weighted by molar-refractivity contribution is 6.33. The van der Waals surface area contributed by atoms with Crippen molar-refractivity contribution in [2.45, 2.75) is 71.8 Å². The lowest BCUT2D eigenvalue weighted by atomic mass is 9.97. The number of allylic oxidation sites excluding steroid dienone is 1. The number of aromatic nitrogens is 2. The molecule has 2 aromatic carbocycles. The van der Waals surface area contributed by atoms with E-state index in [1.54, 1.807) is 46.1 Å². The number of hydrogen-bond donors (Lipinski definition) is 1. The number of nitrogens with zero attached hydrogens (tertiary/aromatic N) is 4. The summed E-state index contributed by atoms with van der Waals surface area (Å²) in [7, 11) is 3.27. The molecule has 1 aliphatic carbocycles. The fourth-order valence-electron chi connectivity index (χ4n) is 4.58. The third kappa shape index (κ3) is 8.14. The van der Waals surface area contributed by atoms with E-state index in [1.807, 2.05) is 20.8 Å². The summed E-state index contributed by atoms with van der Waals surface area (Å²) >= 11 is 12.3. The summed E-state index contributed by atoms with van der Waals surface area (Å²) in [6, 6.07) is 6.84. The number of benzene rings is 2. The number of urea groups is 1. The highest BCUT2D eigenvalue weighted by Crippen LogP contribution is 2.37. The van der Waals surface area contributed by atoms with Crippen LogP contribution in [0.3, 0.4) is 0 Å². The topological polar surface area (TPSA) is 136 Å². The molecule has 4 amide bonds. The van der Waals surface area contributed by atoms with E-state index in [4.69, 9.17) is 37.1 Å². The van der Waals surface area contributed by atoms with Crippen LogP contribution >= 0.6 is 23.2 Å². The lowest BCUT2D eigenvalue weighted by molar-refractivity contribution is -0.114. The van der Waals surface area contributed by atoms with Gasteiger partial charge in [0.25, 0.3) is 0 Å². The molecule has 1 saturated carbocycles. The Morgan fingerprint density at radius 1 is 1.04 bits per heavy atom. The Hall–Kier alpha value is -4.36. The molecule has 1 aromatic heterocycles. The number of hydrogen-bond acceptors (Lipinski definition) is 8. The average Bonchev–Trinajstić information content (AvgIpc) is 3.70. The van der Waals surface area contributed by atoms with Crippen LogP contribution < -0.4 is 20.7 Å². The highest BCUT2D eigenvalue weighted by atomic mass is 35.5. The van der Waals surface area contributed by atoms with Gasteiger partial charge in [0.1, 0.15) is 11.6 Å². The SMILES string of the molecule is CC(C)=C1OC(=O)N(c2cc(OC3CCCC3)c(Cl)cc2F)C1=O.CN(C)C(=O)Nc1ccc(-n2nc(C(C)(C)C)oc2=O)c(Cl)c1. The van der Waals surface area contributed by atoms with Crippen LogP contribution in [-0.4, -0.2) is 52.9 Å². The van der Waals surface area contributed by atoms with Crippen LogP contribution in [0.5, 0.6) is 5.75 Å². The van der Waals surface area contributed by atoms with Gasteiger partial charge in [0, 0.05) is 31.3 Å². The molecule has 47 heavy (non-hydrogen) atoms. The summed E-state index contributed by atoms with van der Waals surface area (Å²) in [6.07, 6.45) is 3.00. The molecule has 1 N–H and O–H groups in total. The zero-order valence-corrected chi connectivity index (χ0v) is 28.6. The number of anilines is 2. The quantitative estimate of drug-likeness (QED) is 0.273. The fourth-order valence-corrected chi connectivity index (χ4v) is 5.03. The first-order valence-electron chi connectivity index (χ1n) is 14.8. The Morgan fingerprint density at radius 2 is 1.70 bits per heavy atom. The molecule has 252 valence electrons. The number of ether oxygens (including phenoxy) is 2. The van der Waals surface area contributed by atoms with Gasteiger partial charge in [0.15, 0.2) is 5.76 Å². The second kappa shape index (κ2) is 14.2. The van der Waals surface area contributed by atoms with E-state index in [2.05, 4.69) is 10.4 Å². The summed E-state index contributed by atoms with van der Waals surface area (Å²) in [6.45, 7) is 8.95. The fraction of sp³-hybridized carbons (Fsp3) is 0.406. The van der Waals surface area contributed by atoms with Crippen LogP contribution in [0.1, 0.15) is 66.2 Å². The van der Waals surface area contributed by atoms with Gasteiger partial charge in [-0.1, -0.05) is 44.0 Å². The van der Waals surface area contributed by atoms with E-state index in [1.165, 1.54) is 11.0 Å². The second-order valence-corrected chi connectivity index (χ2v) is 13.2. The molecule has 2 fully saturated rings. The third-order valence-corrected chi connectivity index (χ3v) is 7.68. The minimum Gasteiger partial charge on any atom is -0.489 e. The summed E-state index contributed by atoms with van der Waals surface area (Å²) in [4.78, 5) is 50.0. The molecule has 1 saturated heterocycles. The van der Waals surface area contributed by atoms with Gasteiger partial charge in [0.05, 0.1) is 27.5 Å². The zero-order valence-electron chi connectivity index (χ0n) is 27.1. The molecule has 5 rings (SSSR count). The van der Waals surface area contributed by atoms with Crippen LogP contribution in [0.2, 0.25) is 10.0 Å². The van der Waals surface area contributed by atoms with E-state index in [-0.39, 0.29) is 39.4 Å². The van der Waals surface area contributed by atoms with E-state index in [9.17, 15) is 23.6 Å². The van der Waals surface area contributed by atoms with E-state index in [0.717, 1.165) is 36.4 Å². The first kappa shape index (κ1) is 35.5. The largest absolute Gasteiger partial charge is 0.489 e. The Morgan fingerprint density at radius 3 is 2.23 bits per heavy atom. The van der Waals surface area contributed by atoms with Gasteiger partial charge in [-0.05, 0) is 69.4 Å². The van der Waals surface area contributed by atoms with Crippen LogP contribution in [0, 0.1) is 5.82 Å². The molecule has 0 unspecified atom stereocenters. The number of carbonyl (C=O) groups excluding carboxylic acids is 3. The van der Waals surface area contributed by atoms with Crippen molar-refractivity contribution in [1.82, 2.24) is 14.7 Å². The molecule has 2 heterocycles. The Labute approximate surface area is 281 Å². The molecule has 1 aliphatic heterocycles. The summed E-state index contributed by atoms with van der Waals surface area (Å²) < 4.78 is 31.3. The minimum absolute atomic E-state index is 0.00962. The lowest BCUT2D eigenvalue weighted by Crippen LogP contribution is -2.29. The molecule has 0 radical (unpaired) electrons. The van der Waals surface area contributed by atoms with Crippen LogP contribution in [0.15, 0.2) is 50.9 Å². The molecule has 3 aromatic rings. The molecule has 0 atom stereocenters. The van der Waals surface area contributed by atoms with Crippen molar-refractivity contribution in [3.63, 3.8) is 0 Å². The first-order valence-corrected chi connectivity index (χ1v) is 15.5. The molecule has 15 heteroatoms. The average molecular weight is 693 g/mol. The maximum absolute atomic E-state index is 14.3. The smallest absolute Gasteiger partial charge is 0.442 e. The number of rotatable bonds is 5. The van der Waals surface area contributed by atoms with Crippen LogP contribution in [0.4, 0.5) is 25.4 Å². The number of nitrogens with one attached hydrogen (secondary N) is 1. The predicted octanol–water partition coefficient (Wildman–Crippen LogP) is 7.45. The normalized spacial score (nSPS) is 14.9. The standard InChI is InChI=1S/C17H17ClFNO4.C15H19ClN4O3/c1-9(2)15-16(21)20(17(22)24-15)13-8-14(11(18)7-12(13)19)23-10-5-3-4-6-10;1-15(2,3)12-18-20(14(22)23-12)11-7-6-9(8-10(11)16)17-13(21)19(4)5/h7-8,10H,3-6H2,1-2H3;6-8H,1-5H3,(H,17,21). The molecule has 2 aliphatic rings. The van der Waals surface area contributed by atoms with Gasteiger partial charge < -0.3 is 24.1 Å². The number of imide groups is 1. The lowest BCUT2D eigenvalue weighted by Gasteiger charge is -2.18. The van der Waals surface area contributed by atoms with Gasteiger partial charge in [-0.25, -0.2) is 23.7 Å². The van der Waals surface area contributed by atoms with Crippen molar-refractivity contribution in [1.29, 1.82) is 0 Å². The zero-order chi connectivity index (χ0) is 34.8. The predicted molar refractivity (Wildman–Crippen MR) is 175 cm³/mol. The third-order valence-electron chi connectivity index (χ3n) is 7.08. The summed E-state index contributed by atoms with van der Waals surface area (Å²) in [5.74, 6) is -1.61. The van der Waals surface area contributed by atoms with E-state index < -0.39 is 29.0 Å². The molecule has 0 spiro atoms. The maximum Gasteiger partial charge on any atom is 0.442 e. The molecule has 0 bridgehead atoms. The monoisotopic (exact) mass is 691 g/mol. The van der Waals surface area contributed by atoms with E-state index >= 15 is 0 Å². The second-order valence-electron chi connectivity index (χ2n) is 12.4. The summed E-state index contributed by atoms with van der Waals surface area (Å²) in [5.41, 5.74) is 0.825.